The SMILES string of the molecule is CN(C)c1ccc(C=NNC(=O)CCNC(=O)c2ccccc2)cc1. The summed E-state index contributed by atoms with van der Waals surface area (Å²) in [6.07, 6.45) is 1.75. The number of benzene rings is 2. The van der Waals surface area contributed by atoms with Gasteiger partial charge in [-0.2, -0.15) is 5.10 Å². The number of anilines is 1. The zero-order valence-electron chi connectivity index (χ0n) is 14.4. The van der Waals surface area contributed by atoms with Crippen LogP contribution in [0.5, 0.6) is 0 Å². The van der Waals surface area contributed by atoms with Gasteiger partial charge in [-0.05, 0) is 29.8 Å². The van der Waals surface area contributed by atoms with Crippen molar-refractivity contribution in [3.8, 4) is 0 Å². The lowest BCUT2D eigenvalue weighted by molar-refractivity contribution is -0.120. The summed E-state index contributed by atoms with van der Waals surface area (Å²) in [5.41, 5.74) is 5.01. The van der Waals surface area contributed by atoms with E-state index in [9.17, 15) is 9.59 Å². The van der Waals surface area contributed by atoms with Gasteiger partial charge in [0.1, 0.15) is 0 Å². The molecule has 6 heteroatoms. The molecule has 0 aliphatic carbocycles. The molecule has 25 heavy (non-hydrogen) atoms. The van der Waals surface area contributed by atoms with Gasteiger partial charge in [0.05, 0.1) is 6.21 Å². The molecule has 6 nitrogen and oxygen atoms in total. The van der Waals surface area contributed by atoms with E-state index in [0.29, 0.717) is 5.56 Å². The van der Waals surface area contributed by atoms with Crippen molar-refractivity contribution in [2.45, 2.75) is 6.42 Å². The molecular weight excluding hydrogens is 316 g/mol. The number of rotatable bonds is 7. The Hall–Kier alpha value is -3.15. The quantitative estimate of drug-likeness (QED) is 0.599. The van der Waals surface area contributed by atoms with E-state index in [2.05, 4.69) is 15.8 Å². The molecule has 0 bridgehead atoms. The maximum absolute atomic E-state index is 11.8. The molecule has 0 unspecified atom stereocenters. The van der Waals surface area contributed by atoms with Gasteiger partial charge in [0.2, 0.25) is 5.91 Å². The molecular formula is C19H22N4O2. The number of hydrazone groups is 1. The lowest BCUT2D eigenvalue weighted by atomic mass is 10.2. The van der Waals surface area contributed by atoms with E-state index in [0.717, 1.165) is 11.3 Å². The van der Waals surface area contributed by atoms with Crippen LogP contribution in [-0.4, -0.2) is 38.7 Å². The predicted octanol–water partition coefficient (Wildman–Crippen LogP) is 2.02. The summed E-state index contributed by atoms with van der Waals surface area (Å²) in [6, 6.07) is 16.7. The van der Waals surface area contributed by atoms with Crippen LogP contribution in [0.1, 0.15) is 22.3 Å². The number of hydrogen-bond acceptors (Lipinski definition) is 4. The van der Waals surface area contributed by atoms with Crippen LogP contribution < -0.4 is 15.6 Å². The Morgan fingerprint density at radius 3 is 2.36 bits per heavy atom. The van der Waals surface area contributed by atoms with Crippen LogP contribution in [-0.2, 0) is 4.79 Å². The number of carbonyl (C=O) groups excluding carboxylic acids is 2. The van der Waals surface area contributed by atoms with Gasteiger partial charge in [0.15, 0.2) is 0 Å². The zero-order valence-corrected chi connectivity index (χ0v) is 14.4. The van der Waals surface area contributed by atoms with E-state index in [4.69, 9.17) is 0 Å². The van der Waals surface area contributed by atoms with E-state index in [1.165, 1.54) is 0 Å². The average Bonchev–Trinajstić information content (AvgIpc) is 2.63. The summed E-state index contributed by atoms with van der Waals surface area (Å²) in [6.45, 7) is 0.257. The van der Waals surface area contributed by atoms with Crippen LogP contribution in [0.3, 0.4) is 0 Å². The third-order valence-corrected chi connectivity index (χ3v) is 3.49. The molecule has 0 aliphatic rings. The normalized spacial score (nSPS) is 10.5. The maximum Gasteiger partial charge on any atom is 0.251 e. The van der Waals surface area contributed by atoms with Gasteiger partial charge in [-0.15, -0.1) is 0 Å². The Bertz CT molecular complexity index is 725. The van der Waals surface area contributed by atoms with Crippen molar-refractivity contribution in [1.82, 2.24) is 10.7 Å². The molecule has 0 saturated heterocycles. The summed E-state index contributed by atoms with van der Waals surface area (Å²) < 4.78 is 0. The Balaban J connectivity index is 1.70. The van der Waals surface area contributed by atoms with Crippen molar-refractivity contribution in [2.24, 2.45) is 5.10 Å². The van der Waals surface area contributed by atoms with E-state index < -0.39 is 0 Å². The molecule has 0 aromatic heterocycles. The summed E-state index contributed by atoms with van der Waals surface area (Å²) >= 11 is 0. The van der Waals surface area contributed by atoms with Gasteiger partial charge < -0.3 is 10.2 Å². The van der Waals surface area contributed by atoms with E-state index in [1.807, 2.05) is 49.3 Å². The first-order valence-electron chi connectivity index (χ1n) is 7.99. The van der Waals surface area contributed by atoms with Crippen molar-refractivity contribution in [2.75, 3.05) is 25.5 Å². The number of nitrogens with one attached hydrogen (secondary N) is 2. The molecule has 0 heterocycles. The van der Waals surface area contributed by atoms with E-state index >= 15 is 0 Å². The minimum atomic E-state index is -0.255. The second-order valence-electron chi connectivity index (χ2n) is 5.65. The molecule has 130 valence electrons. The van der Waals surface area contributed by atoms with Gasteiger partial charge in [0, 0.05) is 38.3 Å². The number of amides is 2. The Kier molecular flexibility index (Phi) is 6.71. The van der Waals surface area contributed by atoms with Crippen molar-refractivity contribution >= 4 is 23.7 Å². The number of nitrogens with zero attached hydrogens (tertiary/aromatic N) is 2. The highest BCUT2D eigenvalue weighted by molar-refractivity contribution is 5.94. The minimum absolute atomic E-state index is 0.162. The summed E-state index contributed by atoms with van der Waals surface area (Å²) in [5.74, 6) is -0.451. The first kappa shape index (κ1) is 18.2. The maximum atomic E-state index is 11.8. The van der Waals surface area contributed by atoms with Gasteiger partial charge in [0.25, 0.3) is 5.91 Å². The third-order valence-electron chi connectivity index (χ3n) is 3.49. The van der Waals surface area contributed by atoms with Crippen LogP contribution in [0.25, 0.3) is 0 Å². The highest BCUT2D eigenvalue weighted by Crippen LogP contribution is 2.10. The molecule has 0 spiro atoms. The monoisotopic (exact) mass is 338 g/mol. The fraction of sp³-hybridized carbons (Fsp3) is 0.211. The molecule has 0 aliphatic heterocycles. The average molecular weight is 338 g/mol. The number of hydrogen-bond donors (Lipinski definition) is 2. The van der Waals surface area contributed by atoms with Crippen molar-refractivity contribution < 1.29 is 9.59 Å². The molecule has 0 radical (unpaired) electrons. The summed E-state index contributed by atoms with van der Waals surface area (Å²) in [7, 11) is 3.94. The lowest BCUT2D eigenvalue weighted by Crippen LogP contribution is -2.28. The second-order valence-corrected chi connectivity index (χ2v) is 5.65. The second kappa shape index (κ2) is 9.22. The zero-order chi connectivity index (χ0) is 18.1. The largest absolute Gasteiger partial charge is 0.378 e. The first-order valence-corrected chi connectivity index (χ1v) is 7.99. The molecule has 2 N–H and O–H groups in total. The van der Waals surface area contributed by atoms with E-state index in [1.54, 1.807) is 30.5 Å². The van der Waals surface area contributed by atoms with Gasteiger partial charge >= 0.3 is 0 Å². The third kappa shape index (κ3) is 6.10. The number of carbonyl (C=O) groups is 2. The van der Waals surface area contributed by atoms with Crippen LogP contribution in [0.2, 0.25) is 0 Å². The van der Waals surface area contributed by atoms with Crippen molar-refractivity contribution in [1.29, 1.82) is 0 Å². The lowest BCUT2D eigenvalue weighted by Gasteiger charge is -2.11. The molecule has 2 amide bonds. The molecule has 0 fully saturated rings. The Morgan fingerprint density at radius 2 is 1.72 bits per heavy atom. The molecule has 2 aromatic rings. The fourth-order valence-corrected chi connectivity index (χ4v) is 2.07. The Labute approximate surface area is 147 Å². The van der Waals surface area contributed by atoms with E-state index in [-0.39, 0.29) is 24.8 Å². The highest BCUT2D eigenvalue weighted by Gasteiger charge is 2.05. The van der Waals surface area contributed by atoms with Crippen LogP contribution in [0, 0.1) is 0 Å². The summed E-state index contributed by atoms with van der Waals surface area (Å²) in [5, 5.41) is 6.62. The summed E-state index contributed by atoms with van der Waals surface area (Å²) in [4.78, 5) is 25.5. The van der Waals surface area contributed by atoms with Crippen LogP contribution >= 0.6 is 0 Å². The predicted molar refractivity (Wildman–Crippen MR) is 99.9 cm³/mol. The van der Waals surface area contributed by atoms with Crippen molar-refractivity contribution in [3.05, 3.63) is 65.7 Å². The first-order chi connectivity index (χ1) is 12.1. The highest BCUT2D eigenvalue weighted by atomic mass is 16.2. The molecule has 2 aromatic carbocycles. The molecule has 0 saturated carbocycles. The van der Waals surface area contributed by atoms with Gasteiger partial charge in [-0.25, -0.2) is 5.43 Å². The van der Waals surface area contributed by atoms with Crippen LogP contribution in [0.15, 0.2) is 59.7 Å². The molecule has 0 atom stereocenters. The van der Waals surface area contributed by atoms with Crippen molar-refractivity contribution in [3.63, 3.8) is 0 Å². The van der Waals surface area contributed by atoms with Crippen LogP contribution in [0.4, 0.5) is 5.69 Å². The minimum Gasteiger partial charge on any atom is -0.378 e. The molecule has 2 rings (SSSR count). The van der Waals surface area contributed by atoms with Gasteiger partial charge in [-0.1, -0.05) is 30.3 Å². The topological polar surface area (TPSA) is 73.8 Å². The smallest absolute Gasteiger partial charge is 0.251 e. The van der Waals surface area contributed by atoms with Gasteiger partial charge in [-0.3, -0.25) is 9.59 Å². The standard InChI is InChI=1S/C19H22N4O2/c1-23(2)17-10-8-15(9-11-17)14-21-22-18(24)12-13-20-19(25)16-6-4-3-5-7-16/h3-11,14H,12-13H2,1-2H3,(H,20,25)(H,22,24). The Morgan fingerprint density at radius 1 is 1.04 bits per heavy atom. The fourth-order valence-electron chi connectivity index (χ4n) is 2.07.